The predicted molar refractivity (Wildman–Crippen MR) is 118 cm³/mol. The number of amides is 1. The van der Waals surface area contributed by atoms with Crippen molar-refractivity contribution in [3.63, 3.8) is 0 Å². The first-order valence-corrected chi connectivity index (χ1v) is 10.4. The van der Waals surface area contributed by atoms with E-state index in [4.69, 9.17) is 17.0 Å². The Labute approximate surface area is 177 Å². The second-order valence-electron chi connectivity index (χ2n) is 7.05. The highest BCUT2D eigenvalue weighted by atomic mass is 32.1. The number of anilines is 1. The van der Waals surface area contributed by atoms with E-state index in [9.17, 15) is 9.59 Å². The van der Waals surface area contributed by atoms with Crippen molar-refractivity contribution in [2.45, 2.75) is 38.5 Å². The molecule has 0 saturated carbocycles. The van der Waals surface area contributed by atoms with Crippen molar-refractivity contribution in [3.8, 4) is 0 Å². The van der Waals surface area contributed by atoms with Gasteiger partial charge in [-0.3, -0.25) is 9.59 Å². The third-order valence-electron chi connectivity index (χ3n) is 4.88. The Morgan fingerprint density at radius 3 is 2.59 bits per heavy atom. The number of thiocarbonyl (C=S) groups is 1. The summed E-state index contributed by atoms with van der Waals surface area (Å²) in [4.78, 5) is 25.9. The Bertz CT molecular complexity index is 854. The van der Waals surface area contributed by atoms with Gasteiger partial charge in [0.25, 0.3) is 0 Å². The quantitative estimate of drug-likeness (QED) is 0.408. The van der Waals surface area contributed by atoms with E-state index in [0.717, 1.165) is 31.5 Å². The molecule has 6 heteroatoms. The lowest BCUT2D eigenvalue weighted by atomic mass is 10.1. The van der Waals surface area contributed by atoms with Crippen molar-refractivity contribution < 1.29 is 14.3 Å². The maximum atomic E-state index is 12.1. The molecule has 1 aliphatic rings. The number of benzene rings is 2. The Hall–Kier alpha value is -2.73. The van der Waals surface area contributed by atoms with Crippen LogP contribution in [0, 0.1) is 0 Å². The Balaban J connectivity index is 1.29. The van der Waals surface area contributed by atoms with Crippen molar-refractivity contribution >= 4 is 34.9 Å². The first kappa shape index (κ1) is 21.0. The van der Waals surface area contributed by atoms with E-state index in [-0.39, 0.29) is 24.7 Å². The molecule has 29 heavy (non-hydrogen) atoms. The van der Waals surface area contributed by atoms with Gasteiger partial charge in [0.15, 0.2) is 5.11 Å². The van der Waals surface area contributed by atoms with Crippen molar-refractivity contribution in [2.75, 3.05) is 18.1 Å². The van der Waals surface area contributed by atoms with Crippen LogP contribution in [0.25, 0.3) is 0 Å². The first-order chi connectivity index (χ1) is 14.1. The average molecular weight is 411 g/mol. The molecule has 0 saturated heterocycles. The lowest BCUT2D eigenvalue weighted by Crippen LogP contribution is -2.41. The van der Waals surface area contributed by atoms with E-state index in [0.29, 0.717) is 18.1 Å². The predicted octanol–water partition coefficient (Wildman–Crippen LogP) is 3.80. The molecule has 0 aliphatic carbocycles. The summed E-state index contributed by atoms with van der Waals surface area (Å²) in [7, 11) is 0. The van der Waals surface area contributed by atoms with Crippen LogP contribution in [0.15, 0.2) is 54.6 Å². The molecular weight excluding hydrogens is 384 g/mol. The number of ether oxygens (including phenoxy) is 1. The van der Waals surface area contributed by atoms with Gasteiger partial charge in [-0.05, 0) is 55.1 Å². The molecule has 0 spiro atoms. The minimum atomic E-state index is -0.262. The number of esters is 1. The summed E-state index contributed by atoms with van der Waals surface area (Å²) in [5.41, 5.74) is 3.52. The molecule has 0 aromatic heterocycles. The van der Waals surface area contributed by atoms with E-state index in [1.165, 1.54) is 11.1 Å². The summed E-state index contributed by atoms with van der Waals surface area (Å²) < 4.78 is 5.24. The number of fused-ring (bicyclic) bond motifs is 1. The Morgan fingerprint density at radius 2 is 1.76 bits per heavy atom. The molecule has 1 amide bonds. The Morgan fingerprint density at radius 1 is 1.00 bits per heavy atom. The fraction of sp³-hybridized carbons (Fsp3) is 0.348. The summed E-state index contributed by atoms with van der Waals surface area (Å²) in [6.45, 7) is 1.17. The molecule has 1 heterocycles. The highest BCUT2D eigenvalue weighted by Crippen LogP contribution is 2.27. The van der Waals surface area contributed by atoms with Crippen LogP contribution in [0.3, 0.4) is 0 Å². The SMILES string of the molecule is O=C(CCCC(=O)OCCCc1ccccc1)NC(=S)N1CCc2ccccc21. The van der Waals surface area contributed by atoms with Crippen molar-refractivity contribution in [1.29, 1.82) is 0 Å². The van der Waals surface area contributed by atoms with Crippen LogP contribution in [0.2, 0.25) is 0 Å². The van der Waals surface area contributed by atoms with Gasteiger partial charge in [-0.2, -0.15) is 0 Å². The zero-order chi connectivity index (χ0) is 20.5. The summed E-state index contributed by atoms with van der Waals surface area (Å²) in [5, 5.41) is 3.19. The van der Waals surface area contributed by atoms with Crippen LogP contribution < -0.4 is 10.2 Å². The molecule has 2 aromatic rings. The summed E-state index contributed by atoms with van der Waals surface area (Å²) in [5.74, 6) is -0.432. The lowest BCUT2D eigenvalue weighted by molar-refractivity contribution is -0.143. The van der Waals surface area contributed by atoms with Crippen LogP contribution >= 0.6 is 12.2 Å². The number of nitrogens with one attached hydrogen (secondary N) is 1. The van der Waals surface area contributed by atoms with Crippen molar-refractivity contribution in [1.82, 2.24) is 5.32 Å². The summed E-state index contributed by atoms with van der Waals surface area (Å²) >= 11 is 5.38. The topological polar surface area (TPSA) is 58.6 Å². The minimum Gasteiger partial charge on any atom is -0.466 e. The second-order valence-corrected chi connectivity index (χ2v) is 7.43. The minimum absolute atomic E-state index is 0.170. The van der Waals surface area contributed by atoms with Gasteiger partial charge in [-0.15, -0.1) is 0 Å². The average Bonchev–Trinajstić information content (AvgIpc) is 3.16. The largest absolute Gasteiger partial charge is 0.466 e. The highest BCUT2D eigenvalue weighted by molar-refractivity contribution is 7.80. The molecular formula is C23H26N2O3S. The van der Waals surface area contributed by atoms with E-state index in [1.807, 2.05) is 41.3 Å². The van der Waals surface area contributed by atoms with E-state index in [1.54, 1.807) is 0 Å². The van der Waals surface area contributed by atoms with E-state index >= 15 is 0 Å². The fourth-order valence-electron chi connectivity index (χ4n) is 3.37. The van der Waals surface area contributed by atoms with Crippen LogP contribution in [-0.2, 0) is 27.2 Å². The van der Waals surface area contributed by atoms with E-state index in [2.05, 4.69) is 23.5 Å². The summed E-state index contributed by atoms with van der Waals surface area (Å²) in [6, 6.07) is 18.2. The molecule has 0 bridgehead atoms. The van der Waals surface area contributed by atoms with Gasteiger partial charge in [0.05, 0.1) is 6.61 Å². The van der Waals surface area contributed by atoms with E-state index < -0.39 is 0 Å². The number of carbonyl (C=O) groups is 2. The molecule has 0 unspecified atom stereocenters. The van der Waals surface area contributed by atoms with Crippen LogP contribution in [-0.4, -0.2) is 30.1 Å². The molecule has 1 aliphatic heterocycles. The van der Waals surface area contributed by atoms with Gasteiger partial charge in [0, 0.05) is 25.1 Å². The molecule has 0 radical (unpaired) electrons. The normalized spacial score (nSPS) is 12.3. The van der Waals surface area contributed by atoms with Crippen LogP contribution in [0.4, 0.5) is 5.69 Å². The van der Waals surface area contributed by atoms with Gasteiger partial charge < -0.3 is 15.0 Å². The van der Waals surface area contributed by atoms with Crippen LogP contribution in [0.5, 0.6) is 0 Å². The Kier molecular flexibility index (Phi) is 7.76. The molecule has 0 fully saturated rings. The summed E-state index contributed by atoms with van der Waals surface area (Å²) in [6.07, 6.45) is 3.52. The molecule has 1 N–H and O–H groups in total. The maximum Gasteiger partial charge on any atom is 0.305 e. The van der Waals surface area contributed by atoms with Crippen molar-refractivity contribution in [2.24, 2.45) is 0 Å². The standard InChI is InChI=1S/C23H26N2O3S/c26-21(24-23(29)25-16-15-19-11-4-5-12-20(19)25)13-6-14-22(27)28-17-7-10-18-8-2-1-3-9-18/h1-5,8-9,11-12H,6-7,10,13-17H2,(H,24,26,29). The number of rotatable bonds is 8. The second kappa shape index (κ2) is 10.7. The first-order valence-electron chi connectivity index (χ1n) is 10.0. The molecule has 3 rings (SSSR count). The third-order valence-corrected chi connectivity index (χ3v) is 5.20. The molecule has 152 valence electrons. The number of carbonyl (C=O) groups excluding carboxylic acids is 2. The highest BCUT2D eigenvalue weighted by Gasteiger charge is 2.22. The zero-order valence-corrected chi connectivity index (χ0v) is 17.2. The van der Waals surface area contributed by atoms with Crippen LogP contribution in [0.1, 0.15) is 36.8 Å². The number of nitrogens with zero attached hydrogens (tertiary/aromatic N) is 1. The fourth-order valence-corrected chi connectivity index (χ4v) is 3.67. The van der Waals surface area contributed by atoms with Gasteiger partial charge >= 0.3 is 5.97 Å². The van der Waals surface area contributed by atoms with Gasteiger partial charge in [-0.1, -0.05) is 48.5 Å². The molecule has 5 nitrogen and oxygen atoms in total. The van der Waals surface area contributed by atoms with Gasteiger partial charge in [0.1, 0.15) is 0 Å². The number of hydrogen-bond donors (Lipinski definition) is 1. The molecule has 2 aromatic carbocycles. The maximum absolute atomic E-state index is 12.1. The monoisotopic (exact) mass is 410 g/mol. The van der Waals surface area contributed by atoms with Crippen molar-refractivity contribution in [3.05, 3.63) is 65.7 Å². The number of para-hydroxylation sites is 1. The molecule has 0 atom stereocenters. The third kappa shape index (κ3) is 6.39. The zero-order valence-electron chi connectivity index (χ0n) is 16.4. The number of hydrogen-bond acceptors (Lipinski definition) is 4. The van der Waals surface area contributed by atoms with Gasteiger partial charge in [0.2, 0.25) is 5.91 Å². The lowest BCUT2D eigenvalue weighted by Gasteiger charge is -2.20. The smallest absolute Gasteiger partial charge is 0.305 e. The van der Waals surface area contributed by atoms with Gasteiger partial charge in [-0.25, -0.2) is 0 Å². The number of aryl methyl sites for hydroxylation is 1.